The first-order valence-electron chi connectivity index (χ1n) is 11.4. The van der Waals surface area contributed by atoms with Crippen molar-refractivity contribution in [2.24, 2.45) is 0 Å². The summed E-state index contributed by atoms with van der Waals surface area (Å²) in [5.41, 5.74) is 0.878. The van der Waals surface area contributed by atoms with Crippen molar-refractivity contribution in [3.8, 4) is 0 Å². The Balaban J connectivity index is 1.28. The Morgan fingerprint density at radius 3 is 2.76 bits per heavy atom. The van der Waals surface area contributed by atoms with E-state index in [0.29, 0.717) is 11.9 Å². The summed E-state index contributed by atoms with van der Waals surface area (Å²) in [5.74, 6) is 1.31. The zero-order chi connectivity index (χ0) is 19.6. The van der Waals surface area contributed by atoms with Gasteiger partial charge in [0, 0.05) is 37.9 Å². The van der Waals surface area contributed by atoms with Crippen molar-refractivity contribution in [3.05, 3.63) is 18.6 Å². The molecule has 2 aromatic rings. The quantitative estimate of drug-likeness (QED) is 0.831. The molecular formula is C22H32N6O. The molecule has 0 bridgehead atoms. The molecule has 4 heterocycles. The molecule has 1 aliphatic carbocycles. The van der Waals surface area contributed by atoms with Crippen molar-refractivity contribution in [1.82, 2.24) is 25.2 Å². The number of hydrogen-bond acceptors (Lipinski definition) is 5. The highest BCUT2D eigenvalue weighted by atomic mass is 16.2. The van der Waals surface area contributed by atoms with E-state index >= 15 is 0 Å². The van der Waals surface area contributed by atoms with E-state index in [-0.39, 0.29) is 12.1 Å². The molecule has 3 fully saturated rings. The minimum Gasteiger partial charge on any atom is -0.354 e. The first kappa shape index (κ1) is 18.9. The lowest BCUT2D eigenvalue weighted by Gasteiger charge is -2.44. The van der Waals surface area contributed by atoms with Crippen LogP contribution in [0.15, 0.2) is 18.6 Å². The molecule has 29 heavy (non-hydrogen) atoms. The Kier molecular flexibility index (Phi) is 5.40. The monoisotopic (exact) mass is 396 g/mol. The van der Waals surface area contributed by atoms with E-state index in [9.17, 15) is 4.79 Å². The van der Waals surface area contributed by atoms with Gasteiger partial charge < -0.3 is 20.1 Å². The first-order valence-corrected chi connectivity index (χ1v) is 11.4. The smallest absolute Gasteiger partial charge is 0.240 e. The zero-order valence-corrected chi connectivity index (χ0v) is 17.1. The average molecular weight is 397 g/mol. The van der Waals surface area contributed by atoms with E-state index in [1.165, 1.54) is 32.1 Å². The van der Waals surface area contributed by atoms with E-state index in [0.717, 1.165) is 62.2 Å². The summed E-state index contributed by atoms with van der Waals surface area (Å²) >= 11 is 0. The Hall–Kier alpha value is -2.15. The first-order chi connectivity index (χ1) is 14.3. The van der Waals surface area contributed by atoms with Gasteiger partial charge in [-0.1, -0.05) is 19.3 Å². The van der Waals surface area contributed by atoms with Gasteiger partial charge in [-0.15, -0.1) is 0 Å². The van der Waals surface area contributed by atoms with Gasteiger partial charge in [-0.05, 0) is 44.6 Å². The number of anilines is 1. The Morgan fingerprint density at radius 2 is 1.86 bits per heavy atom. The van der Waals surface area contributed by atoms with Gasteiger partial charge in [0.25, 0.3) is 0 Å². The van der Waals surface area contributed by atoms with Crippen molar-refractivity contribution in [1.29, 1.82) is 0 Å². The van der Waals surface area contributed by atoms with Crippen molar-refractivity contribution >= 4 is 22.8 Å². The van der Waals surface area contributed by atoms with Crippen molar-refractivity contribution in [2.75, 3.05) is 24.5 Å². The molecule has 2 aromatic heterocycles. The third-order valence-corrected chi connectivity index (χ3v) is 6.98. The lowest BCUT2D eigenvalue weighted by atomic mass is 9.92. The number of amides is 1. The van der Waals surface area contributed by atoms with Crippen LogP contribution in [-0.4, -0.2) is 63.5 Å². The predicted molar refractivity (Wildman–Crippen MR) is 114 cm³/mol. The van der Waals surface area contributed by atoms with Crippen LogP contribution in [0.3, 0.4) is 0 Å². The number of carbonyl (C=O) groups excluding carboxylic acids is 1. The predicted octanol–water partition coefficient (Wildman–Crippen LogP) is 2.84. The maximum Gasteiger partial charge on any atom is 0.240 e. The average Bonchev–Trinajstić information content (AvgIpc) is 3.25. The molecule has 2 aliphatic heterocycles. The maximum atomic E-state index is 13.3. The summed E-state index contributed by atoms with van der Waals surface area (Å²) < 4.78 is 0. The van der Waals surface area contributed by atoms with Gasteiger partial charge in [0.05, 0.1) is 11.4 Å². The lowest BCUT2D eigenvalue weighted by Crippen LogP contribution is -2.59. The number of rotatable bonds is 4. The van der Waals surface area contributed by atoms with Gasteiger partial charge in [0.2, 0.25) is 5.91 Å². The molecule has 0 spiro atoms. The number of fused-ring (bicyclic) bond motifs is 1. The largest absolute Gasteiger partial charge is 0.354 e. The van der Waals surface area contributed by atoms with E-state index in [1.807, 2.05) is 12.3 Å². The third kappa shape index (κ3) is 3.84. The van der Waals surface area contributed by atoms with Gasteiger partial charge in [-0.2, -0.15) is 0 Å². The van der Waals surface area contributed by atoms with Crippen LogP contribution in [-0.2, 0) is 4.79 Å². The molecule has 2 atom stereocenters. The maximum absolute atomic E-state index is 13.3. The third-order valence-electron chi connectivity index (χ3n) is 6.98. The van der Waals surface area contributed by atoms with Crippen molar-refractivity contribution in [3.63, 3.8) is 0 Å². The fourth-order valence-corrected chi connectivity index (χ4v) is 5.48. The van der Waals surface area contributed by atoms with Gasteiger partial charge in [-0.3, -0.25) is 4.79 Å². The second-order valence-electron chi connectivity index (χ2n) is 8.91. The summed E-state index contributed by atoms with van der Waals surface area (Å²) in [4.78, 5) is 29.9. The number of carbonyl (C=O) groups is 1. The fraction of sp³-hybridized carbons (Fsp3) is 0.682. The van der Waals surface area contributed by atoms with Gasteiger partial charge in [0.1, 0.15) is 17.8 Å². The standard InChI is InChI=1S/C22H32N6O/c29-22-19(26-16-6-2-1-3-7-16)9-5-13-28(22)17-8-4-12-27(14-17)21-18-10-11-23-20(18)24-15-25-21/h10-11,15-17,19,26H,1-9,12-14H2,(H,23,24,25)/t17-,19?/m1/s1. The summed E-state index contributed by atoms with van der Waals surface area (Å²) in [5, 5.41) is 4.78. The molecule has 156 valence electrons. The number of piperidine rings is 2. The highest BCUT2D eigenvalue weighted by Crippen LogP contribution is 2.28. The molecule has 1 amide bonds. The molecule has 7 heteroatoms. The number of aromatic nitrogens is 3. The molecule has 1 saturated carbocycles. The molecule has 7 nitrogen and oxygen atoms in total. The molecule has 0 radical (unpaired) electrons. The van der Waals surface area contributed by atoms with E-state index in [1.54, 1.807) is 6.33 Å². The van der Waals surface area contributed by atoms with Crippen molar-refractivity contribution in [2.45, 2.75) is 75.9 Å². The molecule has 0 aromatic carbocycles. The van der Waals surface area contributed by atoms with Crippen LogP contribution in [0.25, 0.3) is 11.0 Å². The van der Waals surface area contributed by atoms with Gasteiger partial charge >= 0.3 is 0 Å². The minimum atomic E-state index is 0.0117. The van der Waals surface area contributed by atoms with Crippen LogP contribution in [0.5, 0.6) is 0 Å². The van der Waals surface area contributed by atoms with Gasteiger partial charge in [0.15, 0.2) is 0 Å². The van der Waals surface area contributed by atoms with Crippen LogP contribution in [0.4, 0.5) is 5.82 Å². The fourth-order valence-electron chi connectivity index (χ4n) is 5.48. The molecule has 2 N–H and O–H groups in total. The highest BCUT2D eigenvalue weighted by molar-refractivity contribution is 5.87. The number of likely N-dealkylation sites (tertiary alicyclic amines) is 1. The van der Waals surface area contributed by atoms with Crippen LogP contribution in [0, 0.1) is 0 Å². The normalized spacial score (nSPS) is 27.0. The summed E-state index contributed by atoms with van der Waals surface area (Å²) in [6.45, 7) is 2.74. The second kappa shape index (κ2) is 8.30. The molecule has 5 rings (SSSR count). The van der Waals surface area contributed by atoms with Crippen LogP contribution in [0.2, 0.25) is 0 Å². The van der Waals surface area contributed by atoms with Gasteiger partial charge in [-0.25, -0.2) is 9.97 Å². The van der Waals surface area contributed by atoms with E-state index in [2.05, 4.69) is 30.1 Å². The second-order valence-corrected chi connectivity index (χ2v) is 8.91. The summed E-state index contributed by atoms with van der Waals surface area (Å²) in [6, 6.07) is 2.86. The SMILES string of the molecule is O=C1C(NC2CCCCC2)CCCN1[C@@H]1CCCN(c2ncnc3[nH]ccc23)C1. The Labute approximate surface area is 172 Å². The molecule has 3 aliphatic rings. The molecule has 1 unspecified atom stereocenters. The number of aromatic amines is 1. The number of nitrogens with one attached hydrogen (secondary N) is 2. The molecular weight excluding hydrogens is 364 g/mol. The Bertz CT molecular complexity index is 845. The van der Waals surface area contributed by atoms with E-state index in [4.69, 9.17) is 0 Å². The summed E-state index contributed by atoms with van der Waals surface area (Å²) in [6.07, 6.45) is 14.2. The topological polar surface area (TPSA) is 77.2 Å². The van der Waals surface area contributed by atoms with Crippen LogP contribution in [0.1, 0.15) is 57.8 Å². The number of H-pyrrole nitrogens is 1. The highest BCUT2D eigenvalue weighted by Gasteiger charge is 2.36. The van der Waals surface area contributed by atoms with Crippen molar-refractivity contribution < 1.29 is 4.79 Å². The van der Waals surface area contributed by atoms with Crippen LogP contribution >= 0.6 is 0 Å². The number of hydrogen-bond donors (Lipinski definition) is 2. The summed E-state index contributed by atoms with van der Waals surface area (Å²) in [7, 11) is 0. The zero-order valence-electron chi connectivity index (χ0n) is 17.1. The number of nitrogens with zero attached hydrogens (tertiary/aromatic N) is 4. The van der Waals surface area contributed by atoms with Crippen LogP contribution < -0.4 is 10.2 Å². The van der Waals surface area contributed by atoms with E-state index < -0.39 is 0 Å². The minimum absolute atomic E-state index is 0.0117. The lowest BCUT2D eigenvalue weighted by molar-refractivity contribution is -0.139. The molecule has 2 saturated heterocycles. The Morgan fingerprint density at radius 1 is 1.00 bits per heavy atom.